The van der Waals surface area contributed by atoms with E-state index in [-0.39, 0.29) is 19.4 Å². The molecule has 1 unspecified atom stereocenters. The summed E-state index contributed by atoms with van der Waals surface area (Å²) >= 11 is 0. The van der Waals surface area contributed by atoms with Crippen LogP contribution < -0.4 is 5.48 Å². The molecule has 1 saturated carbocycles. The fourth-order valence-electron chi connectivity index (χ4n) is 1.04. The Balaban J connectivity index is 2.33. The number of hydrogen-bond acceptors (Lipinski definition) is 2. The minimum Gasteiger partial charge on any atom is -0.274 e. The van der Waals surface area contributed by atoms with Gasteiger partial charge in [0.25, 0.3) is 11.8 Å². The van der Waals surface area contributed by atoms with E-state index >= 15 is 0 Å². The lowest BCUT2D eigenvalue weighted by atomic mass is 9.80. The second-order valence-corrected chi connectivity index (χ2v) is 2.75. The van der Waals surface area contributed by atoms with E-state index in [1.165, 1.54) is 0 Å². The number of rotatable bonds is 3. The van der Waals surface area contributed by atoms with E-state index in [2.05, 4.69) is 4.84 Å². The minimum absolute atomic E-state index is 0.197. The second-order valence-electron chi connectivity index (χ2n) is 2.75. The van der Waals surface area contributed by atoms with Gasteiger partial charge in [0.15, 0.2) is 0 Å². The maximum absolute atomic E-state index is 12.6. The van der Waals surface area contributed by atoms with Crippen LogP contribution in [0.25, 0.3) is 0 Å². The van der Waals surface area contributed by atoms with Crippen LogP contribution in [-0.4, -0.2) is 18.4 Å². The Bertz CT molecular complexity index is 184. The molecule has 70 valence electrons. The summed E-state index contributed by atoms with van der Waals surface area (Å²) in [5, 5.41) is 0. The zero-order valence-corrected chi connectivity index (χ0v) is 6.77. The Hall–Kier alpha value is -0.710. The summed E-state index contributed by atoms with van der Waals surface area (Å²) in [6.45, 7) is 1.95. The van der Waals surface area contributed by atoms with E-state index in [1.54, 1.807) is 6.92 Å². The van der Waals surface area contributed by atoms with Crippen LogP contribution in [0.3, 0.4) is 0 Å². The number of halogens is 2. The lowest BCUT2D eigenvalue weighted by Gasteiger charge is -2.34. The van der Waals surface area contributed by atoms with Gasteiger partial charge in [-0.15, -0.1) is 0 Å². The SMILES string of the molecule is CCONC(=O)C1CCC1(F)F. The molecule has 0 aromatic carbocycles. The molecule has 5 heteroatoms. The fraction of sp³-hybridized carbons (Fsp3) is 0.857. The Morgan fingerprint density at radius 3 is 2.75 bits per heavy atom. The third kappa shape index (κ3) is 1.72. The summed E-state index contributed by atoms with van der Waals surface area (Å²) in [6, 6.07) is 0. The molecule has 1 atom stereocenters. The average molecular weight is 179 g/mol. The van der Waals surface area contributed by atoms with Crippen LogP contribution in [0.15, 0.2) is 0 Å². The van der Waals surface area contributed by atoms with E-state index < -0.39 is 17.7 Å². The average Bonchev–Trinajstić information content (AvgIpc) is 1.99. The summed E-state index contributed by atoms with van der Waals surface area (Å²) in [5.41, 5.74) is 1.97. The maximum Gasteiger partial charge on any atom is 0.259 e. The lowest BCUT2D eigenvalue weighted by molar-refractivity contribution is -0.172. The Labute approximate surface area is 69.0 Å². The summed E-state index contributed by atoms with van der Waals surface area (Å²) in [7, 11) is 0. The second kappa shape index (κ2) is 3.35. The van der Waals surface area contributed by atoms with Crippen LogP contribution in [0.5, 0.6) is 0 Å². The molecule has 0 radical (unpaired) electrons. The van der Waals surface area contributed by atoms with E-state index in [1.807, 2.05) is 5.48 Å². The molecule has 1 fully saturated rings. The van der Waals surface area contributed by atoms with Gasteiger partial charge in [-0.3, -0.25) is 9.63 Å². The molecule has 0 spiro atoms. The molecule has 1 rings (SSSR count). The van der Waals surface area contributed by atoms with Crippen molar-refractivity contribution in [1.82, 2.24) is 5.48 Å². The number of amides is 1. The van der Waals surface area contributed by atoms with Gasteiger partial charge in [0.1, 0.15) is 5.92 Å². The van der Waals surface area contributed by atoms with Gasteiger partial charge in [0.05, 0.1) is 6.61 Å². The summed E-state index contributed by atoms with van der Waals surface area (Å²) in [5.74, 6) is -4.74. The predicted molar refractivity (Wildman–Crippen MR) is 37.4 cm³/mol. The standard InChI is InChI=1S/C7H11F2NO2/c1-2-12-10-6(11)5-3-4-7(5,8)9/h5H,2-4H2,1H3,(H,10,11). The van der Waals surface area contributed by atoms with Crippen molar-refractivity contribution in [3.8, 4) is 0 Å². The van der Waals surface area contributed by atoms with Gasteiger partial charge < -0.3 is 0 Å². The van der Waals surface area contributed by atoms with Crippen LogP contribution in [0, 0.1) is 5.92 Å². The molecule has 0 aromatic rings. The van der Waals surface area contributed by atoms with E-state index in [0.717, 1.165) is 0 Å². The molecule has 1 N–H and O–H groups in total. The number of hydrogen-bond donors (Lipinski definition) is 1. The van der Waals surface area contributed by atoms with E-state index in [0.29, 0.717) is 0 Å². The summed E-state index contributed by atoms with van der Waals surface area (Å²) < 4.78 is 25.1. The molecule has 0 bridgehead atoms. The molecule has 1 amide bonds. The Morgan fingerprint density at radius 2 is 2.42 bits per heavy atom. The summed E-state index contributed by atoms with van der Waals surface area (Å²) in [4.78, 5) is 15.4. The van der Waals surface area contributed by atoms with Crippen molar-refractivity contribution in [1.29, 1.82) is 0 Å². The highest BCUT2D eigenvalue weighted by molar-refractivity contribution is 5.79. The number of carbonyl (C=O) groups is 1. The first kappa shape index (κ1) is 9.38. The van der Waals surface area contributed by atoms with Gasteiger partial charge in [-0.2, -0.15) is 0 Å². The van der Waals surface area contributed by atoms with Crippen LogP contribution in [0.2, 0.25) is 0 Å². The monoisotopic (exact) mass is 179 g/mol. The molecule has 0 saturated heterocycles. The van der Waals surface area contributed by atoms with Crippen molar-refractivity contribution >= 4 is 5.91 Å². The highest BCUT2D eigenvalue weighted by atomic mass is 19.3. The zero-order valence-electron chi connectivity index (χ0n) is 6.77. The molecule has 1 aliphatic rings. The minimum atomic E-state index is -2.83. The van der Waals surface area contributed by atoms with Crippen molar-refractivity contribution in [3.63, 3.8) is 0 Å². The zero-order chi connectivity index (χ0) is 9.19. The largest absolute Gasteiger partial charge is 0.274 e. The molecule has 0 aromatic heterocycles. The van der Waals surface area contributed by atoms with Crippen LogP contribution >= 0.6 is 0 Å². The lowest BCUT2D eigenvalue weighted by Crippen LogP contribution is -2.48. The maximum atomic E-state index is 12.6. The quantitative estimate of drug-likeness (QED) is 0.659. The van der Waals surface area contributed by atoms with Crippen molar-refractivity contribution in [2.75, 3.05) is 6.61 Å². The van der Waals surface area contributed by atoms with Crippen LogP contribution in [0.4, 0.5) is 8.78 Å². The van der Waals surface area contributed by atoms with Crippen molar-refractivity contribution in [2.24, 2.45) is 5.92 Å². The van der Waals surface area contributed by atoms with Crippen molar-refractivity contribution < 1.29 is 18.4 Å². The van der Waals surface area contributed by atoms with Gasteiger partial charge >= 0.3 is 0 Å². The first-order valence-electron chi connectivity index (χ1n) is 3.87. The van der Waals surface area contributed by atoms with E-state index in [9.17, 15) is 13.6 Å². The number of alkyl halides is 2. The normalized spacial score (nSPS) is 26.1. The Morgan fingerprint density at radius 1 is 1.75 bits per heavy atom. The fourth-order valence-corrected chi connectivity index (χ4v) is 1.04. The van der Waals surface area contributed by atoms with E-state index in [4.69, 9.17) is 0 Å². The Kier molecular flexibility index (Phi) is 2.62. The predicted octanol–water partition coefficient (Wildman–Crippen LogP) is 1.10. The van der Waals surface area contributed by atoms with Gasteiger partial charge in [-0.25, -0.2) is 14.3 Å². The smallest absolute Gasteiger partial charge is 0.259 e. The third-order valence-corrected chi connectivity index (χ3v) is 1.91. The van der Waals surface area contributed by atoms with Crippen molar-refractivity contribution in [2.45, 2.75) is 25.7 Å². The van der Waals surface area contributed by atoms with Crippen LogP contribution in [0.1, 0.15) is 19.8 Å². The van der Waals surface area contributed by atoms with Gasteiger partial charge in [0.2, 0.25) is 0 Å². The topological polar surface area (TPSA) is 38.3 Å². The molecular formula is C7H11F2NO2. The van der Waals surface area contributed by atoms with Gasteiger partial charge in [-0.05, 0) is 13.3 Å². The molecule has 3 nitrogen and oxygen atoms in total. The highest BCUT2D eigenvalue weighted by Crippen LogP contribution is 2.43. The third-order valence-electron chi connectivity index (χ3n) is 1.91. The van der Waals surface area contributed by atoms with Gasteiger partial charge in [-0.1, -0.05) is 0 Å². The molecule has 1 aliphatic carbocycles. The van der Waals surface area contributed by atoms with Gasteiger partial charge in [0, 0.05) is 6.42 Å². The molecule has 12 heavy (non-hydrogen) atoms. The summed E-state index contributed by atoms with van der Waals surface area (Å²) in [6.07, 6.45) is 0.0448. The van der Waals surface area contributed by atoms with Crippen LogP contribution in [-0.2, 0) is 9.63 Å². The molecule has 0 aliphatic heterocycles. The number of hydroxylamine groups is 1. The molecule has 0 heterocycles. The number of nitrogens with one attached hydrogen (secondary N) is 1. The first-order valence-corrected chi connectivity index (χ1v) is 3.87. The first-order chi connectivity index (χ1) is 5.58. The number of carbonyl (C=O) groups excluding carboxylic acids is 1. The molecular weight excluding hydrogens is 168 g/mol. The highest BCUT2D eigenvalue weighted by Gasteiger charge is 2.52. The van der Waals surface area contributed by atoms with Crippen molar-refractivity contribution in [3.05, 3.63) is 0 Å².